The van der Waals surface area contributed by atoms with E-state index in [0.717, 1.165) is 55.5 Å². The SMILES string of the molecule is O=C(Nc1cccc(C(F)(F)F)c1)c1cc(CCc2ccc3c(c2)CCCC3)cc(C(=O)Nc2cccc(C(F)(F)F)c2)c1. The number of fused-ring (bicyclic) bond motifs is 1. The van der Waals surface area contributed by atoms with Crippen molar-refractivity contribution in [3.8, 4) is 0 Å². The predicted molar refractivity (Wildman–Crippen MR) is 156 cm³/mol. The monoisotopic (exact) mass is 610 g/mol. The maximum atomic E-state index is 13.2. The van der Waals surface area contributed by atoms with E-state index in [9.17, 15) is 35.9 Å². The van der Waals surface area contributed by atoms with E-state index in [4.69, 9.17) is 0 Å². The number of carbonyl (C=O) groups is 2. The number of alkyl halides is 6. The molecule has 2 N–H and O–H groups in total. The summed E-state index contributed by atoms with van der Waals surface area (Å²) in [5, 5.41) is 4.90. The summed E-state index contributed by atoms with van der Waals surface area (Å²) in [6.07, 6.45) is -3.83. The molecule has 2 amide bonds. The predicted octanol–water partition coefficient (Wildman–Crippen LogP) is 8.89. The molecule has 0 saturated carbocycles. The molecule has 0 unspecified atom stereocenters. The summed E-state index contributed by atoms with van der Waals surface area (Å²) in [4.78, 5) is 26.4. The highest BCUT2D eigenvalue weighted by Crippen LogP contribution is 2.32. The average Bonchev–Trinajstić information content (AvgIpc) is 2.99. The number of carbonyl (C=O) groups excluding carboxylic acids is 2. The van der Waals surface area contributed by atoms with Crippen LogP contribution in [0.25, 0.3) is 0 Å². The third kappa shape index (κ3) is 7.67. The van der Waals surface area contributed by atoms with Crippen LogP contribution in [0.1, 0.15) is 66.9 Å². The zero-order valence-electron chi connectivity index (χ0n) is 23.4. The summed E-state index contributed by atoms with van der Waals surface area (Å²) >= 11 is 0. The summed E-state index contributed by atoms with van der Waals surface area (Å²) in [6.45, 7) is 0. The van der Waals surface area contributed by atoms with E-state index in [-0.39, 0.29) is 22.5 Å². The highest BCUT2D eigenvalue weighted by Gasteiger charge is 2.31. The van der Waals surface area contributed by atoms with Gasteiger partial charge in [-0.1, -0.05) is 30.3 Å². The number of amides is 2. The lowest BCUT2D eigenvalue weighted by molar-refractivity contribution is -0.138. The minimum absolute atomic E-state index is 0.0135. The van der Waals surface area contributed by atoms with Gasteiger partial charge >= 0.3 is 12.4 Å². The second kappa shape index (κ2) is 12.6. The summed E-state index contributed by atoms with van der Waals surface area (Å²) in [5.41, 5.74) is 2.32. The number of benzene rings is 4. The van der Waals surface area contributed by atoms with Crippen molar-refractivity contribution in [3.63, 3.8) is 0 Å². The van der Waals surface area contributed by atoms with Crippen LogP contribution in [0.4, 0.5) is 37.7 Å². The van der Waals surface area contributed by atoms with Crippen molar-refractivity contribution in [2.24, 2.45) is 0 Å². The number of hydrogen-bond donors (Lipinski definition) is 2. The first-order valence-corrected chi connectivity index (χ1v) is 14.1. The Labute approximate surface area is 250 Å². The molecule has 10 heteroatoms. The Hall–Kier alpha value is -4.60. The summed E-state index contributed by atoms with van der Waals surface area (Å²) < 4.78 is 79.1. The molecule has 0 saturated heterocycles. The second-order valence-electron chi connectivity index (χ2n) is 10.8. The van der Waals surface area contributed by atoms with Crippen LogP contribution in [0.3, 0.4) is 0 Å². The smallest absolute Gasteiger partial charge is 0.322 e. The van der Waals surface area contributed by atoms with Crippen molar-refractivity contribution in [1.82, 2.24) is 0 Å². The van der Waals surface area contributed by atoms with Gasteiger partial charge in [0.1, 0.15) is 0 Å². The van der Waals surface area contributed by atoms with Gasteiger partial charge in [-0.15, -0.1) is 0 Å². The van der Waals surface area contributed by atoms with Crippen LogP contribution in [-0.4, -0.2) is 11.8 Å². The van der Waals surface area contributed by atoms with Crippen molar-refractivity contribution < 1.29 is 35.9 Å². The zero-order chi connectivity index (χ0) is 31.5. The van der Waals surface area contributed by atoms with Gasteiger partial charge in [0.25, 0.3) is 11.8 Å². The summed E-state index contributed by atoms with van der Waals surface area (Å²) in [5.74, 6) is -1.49. The standard InChI is InChI=1S/C34H28F6N2O2/c35-33(36,37)27-7-3-9-29(19-27)41-31(43)25-16-22(12-11-21-13-14-23-5-1-2-6-24(23)15-21)17-26(18-25)32(44)42-30-10-4-8-28(20-30)34(38,39)40/h3-4,7-10,13-20H,1-2,5-6,11-12H2,(H,41,43)(H,42,44). The topological polar surface area (TPSA) is 58.2 Å². The van der Waals surface area contributed by atoms with E-state index in [1.165, 1.54) is 41.5 Å². The van der Waals surface area contributed by atoms with E-state index in [1.54, 1.807) is 12.1 Å². The molecule has 0 aromatic heterocycles. The molecule has 0 aliphatic heterocycles. The Bertz CT molecular complexity index is 1600. The van der Waals surface area contributed by atoms with E-state index >= 15 is 0 Å². The molecule has 5 rings (SSSR count). The molecule has 1 aliphatic rings. The molecule has 4 aromatic carbocycles. The number of anilines is 2. The van der Waals surface area contributed by atoms with Crippen molar-refractivity contribution in [1.29, 1.82) is 0 Å². The summed E-state index contributed by atoms with van der Waals surface area (Å²) in [7, 11) is 0. The second-order valence-corrected chi connectivity index (χ2v) is 10.8. The normalized spacial score (nSPS) is 13.2. The van der Waals surface area contributed by atoms with E-state index < -0.39 is 35.3 Å². The minimum Gasteiger partial charge on any atom is -0.322 e. The molecule has 4 aromatic rings. The van der Waals surface area contributed by atoms with Gasteiger partial charge in [-0.25, -0.2) is 0 Å². The van der Waals surface area contributed by atoms with Crippen LogP contribution >= 0.6 is 0 Å². The molecule has 44 heavy (non-hydrogen) atoms. The number of rotatable bonds is 7. The maximum absolute atomic E-state index is 13.2. The third-order valence-corrected chi connectivity index (χ3v) is 7.53. The molecule has 1 aliphatic carbocycles. The van der Waals surface area contributed by atoms with Crippen LogP contribution < -0.4 is 10.6 Å². The first-order chi connectivity index (χ1) is 20.8. The van der Waals surface area contributed by atoms with Crippen LogP contribution in [0.2, 0.25) is 0 Å². The molecule has 0 heterocycles. The van der Waals surface area contributed by atoms with Crippen LogP contribution in [0, 0.1) is 0 Å². The van der Waals surface area contributed by atoms with Gasteiger partial charge in [0.2, 0.25) is 0 Å². The Balaban J connectivity index is 1.42. The fourth-order valence-corrected chi connectivity index (χ4v) is 5.28. The Morgan fingerprint density at radius 1 is 0.568 bits per heavy atom. The number of nitrogens with one attached hydrogen (secondary N) is 2. The Kier molecular flexibility index (Phi) is 8.80. The van der Waals surface area contributed by atoms with E-state index in [1.807, 2.05) is 0 Å². The number of hydrogen-bond acceptors (Lipinski definition) is 2. The van der Waals surface area contributed by atoms with Gasteiger partial charge in [-0.2, -0.15) is 26.3 Å². The third-order valence-electron chi connectivity index (χ3n) is 7.53. The number of aryl methyl sites for hydroxylation is 4. The van der Waals surface area contributed by atoms with E-state index in [2.05, 4.69) is 28.8 Å². The van der Waals surface area contributed by atoms with Crippen molar-refractivity contribution in [2.75, 3.05) is 10.6 Å². The minimum atomic E-state index is -4.61. The molecular formula is C34H28F6N2O2. The molecule has 0 fully saturated rings. The largest absolute Gasteiger partial charge is 0.416 e. The molecule has 228 valence electrons. The van der Waals surface area contributed by atoms with Crippen LogP contribution in [0.15, 0.2) is 84.9 Å². The lowest BCUT2D eigenvalue weighted by Crippen LogP contribution is -2.17. The highest BCUT2D eigenvalue weighted by molar-refractivity contribution is 6.09. The Morgan fingerprint density at radius 2 is 1.07 bits per heavy atom. The van der Waals surface area contributed by atoms with E-state index in [0.29, 0.717) is 18.4 Å². The quantitative estimate of drug-likeness (QED) is 0.205. The molecular weight excluding hydrogens is 582 g/mol. The zero-order valence-corrected chi connectivity index (χ0v) is 23.4. The van der Waals surface area contributed by atoms with Gasteiger partial charge in [-0.05, 0) is 115 Å². The fraction of sp³-hybridized carbons (Fsp3) is 0.235. The van der Waals surface area contributed by atoms with Gasteiger partial charge in [0, 0.05) is 22.5 Å². The van der Waals surface area contributed by atoms with Crippen molar-refractivity contribution in [3.05, 3.63) is 129 Å². The molecule has 0 radical (unpaired) electrons. The van der Waals surface area contributed by atoms with Crippen LogP contribution in [-0.2, 0) is 38.0 Å². The lowest BCUT2D eigenvalue weighted by Gasteiger charge is -2.17. The molecule has 0 bridgehead atoms. The van der Waals surface area contributed by atoms with Gasteiger partial charge in [0.05, 0.1) is 11.1 Å². The average molecular weight is 611 g/mol. The molecule has 0 spiro atoms. The van der Waals surface area contributed by atoms with Gasteiger partial charge in [-0.3, -0.25) is 9.59 Å². The van der Waals surface area contributed by atoms with Gasteiger partial charge in [0.15, 0.2) is 0 Å². The van der Waals surface area contributed by atoms with Crippen molar-refractivity contribution >= 4 is 23.2 Å². The molecule has 0 atom stereocenters. The maximum Gasteiger partial charge on any atom is 0.416 e. The first kappa shape index (κ1) is 30.8. The first-order valence-electron chi connectivity index (χ1n) is 14.1. The van der Waals surface area contributed by atoms with Crippen LogP contribution in [0.5, 0.6) is 0 Å². The Morgan fingerprint density at radius 3 is 1.59 bits per heavy atom. The summed E-state index contributed by atoms with van der Waals surface area (Å²) in [6, 6.07) is 19.1. The van der Waals surface area contributed by atoms with Gasteiger partial charge < -0.3 is 10.6 Å². The fourth-order valence-electron chi connectivity index (χ4n) is 5.28. The lowest BCUT2D eigenvalue weighted by atomic mass is 9.89. The van der Waals surface area contributed by atoms with Crippen molar-refractivity contribution in [2.45, 2.75) is 50.9 Å². The molecule has 4 nitrogen and oxygen atoms in total. The number of halogens is 6. The highest BCUT2D eigenvalue weighted by atomic mass is 19.4.